The molecule has 1 amide bonds. The average Bonchev–Trinajstić information content (AvgIpc) is 3.09. The average molecular weight is 374 g/mol. The first-order chi connectivity index (χ1) is 12.9. The normalized spacial score (nSPS) is 12.2. The Morgan fingerprint density at radius 3 is 2.56 bits per heavy atom. The second kappa shape index (κ2) is 9.82. The van der Waals surface area contributed by atoms with Gasteiger partial charge in [-0.1, -0.05) is 32.0 Å². The van der Waals surface area contributed by atoms with E-state index in [0.717, 1.165) is 0 Å². The molecule has 0 saturated carbocycles. The molecule has 1 N–H and O–H groups in total. The molecule has 1 unspecified atom stereocenters. The summed E-state index contributed by atoms with van der Waals surface area (Å²) in [6.07, 6.45) is 0.404. The number of hydrogen-bond donors (Lipinski definition) is 1. The van der Waals surface area contributed by atoms with Crippen molar-refractivity contribution in [1.82, 2.24) is 20.4 Å². The second-order valence-electron chi connectivity index (χ2n) is 6.92. The van der Waals surface area contributed by atoms with Crippen LogP contribution in [0, 0.1) is 5.92 Å². The highest BCUT2D eigenvalue weighted by molar-refractivity contribution is 6.02. The summed E-state index contributed by atoms with van der Waals surface area (Å²) in [6.45, 7) is 4.99. The second-order valence-corrected chi connectivity index (χ2v) is 6.92. The number of rotatable bonds is 10. The van der Waals surface area contributed by atoms with Gasteiger partial charge in [-0.25, -0.2) is 0 Å². The summed E-state index contributed by atoms with van der Waals surface area (Å²) < 4.78 is 10.3. The van der Waals surface area contributed by atoms with Gasteiger partial charge in [0.25, 0.3) is 5.91 Å². The minimum Gasteiger partial charge on any atom is -0.447 e. The summed E-state index contributed by atoms with van der Waals surface area (Å²) in [7, 11) is 3.83. The molecule has 8 heteroatoms. The Morgan fingerprint density at radius 1 is 1.22 bits per heavy atom. The maximum Gasteiger partial charge on any atom is 0.417 e. The molecule has 2 rings (SSSR count). The smallest absolute Gasteiger partial charge is 0.417 e. The Balaban J connectivity index is 2.06. The van der Waals surface area contributed by atoms with Crippen LogP contribution in [0.25, 0.3) is 0 Å². The van der Waals surface area contributed by atoms with E-state index in [9.17, 15) is 9.59 Å². The predicted octanol–water partition coefficient (Wildman–Crippen LogP) is 2.04. The summed E-state index contributed by atoms with van der Waals surface area (Å²) >= 11 is 0. The first-order valence-corrected chi connectivity index (χ1v) is 8.88. The molecule has 0 saturated heterocycles. The van der Waals surface area contributed by atoms with E-state index in [1.54, 1.807) is 24.3 Å². The summed E-state index contributed by atoms with van der Waals surface area (Å²) in [5.74, 6) is -0.633. The molecule has 2 aromatic rings. The van der Waals surface area contributed by atoms with Gasteiger partial charge in [0.15, 0.2) is 0 Å². The van der Waals surface area contributed by atoms with Crippen molar-refractivity contribution in [3.05, 3.63) is 41.7 Å². The fourth-order valence-corrected chi connectivity index (χ4v) is 2.37. The van der Waals surface area contributed by atoms with E-state index in [0.29, 0.717) is 25.1 Å². The lowest BCUT2D eigenvalue weighted by Crippen LogP contribution is -2.42. The summed E-state index contributed by atoms with van der Waals surface area (Å²) in [4.78, 5) is 31.1. The van der Waals surface area contributed by atoms with Gasteiger partial charge in [0, 0.05) is 12.1 Å². The van der Waals surface area contributed by atoms with E-state index in [-0.39, 0.29) is 23.7 Å². The minimum absolute atomic E-state index is 0.0575. The van der Waals surface area contributed by atoms with Gasteiger partial charge in [-0.3, -0.25) is 14.1 Å². The number of nitrogens with zero attached hydrogens (tertiary/aromatic N) is 3. The van der Waals surface area contributed by atoms with Crippen LogP contribution in [-0.2, 0) is 0 Å². The molecule has 1 aromatic heterocycles. The third-order valence-corrected chi connectivity index (χ3v) is 3.76. The number of aromatic nitrogens is 2. The molecule has 0 bridgehead atoms. The third-order valence-electron chi connectivity index (χ3n) is 3.76. The number of carbonyl (C=O) groups is 2. The number of nitrogens with one attached hydrogen (secondary N) is 1. The molecule has 0 aliphatic heterocycles. The monoisotopic (exact) mass is 374 g/mol. The molecule has 0 aliphatic rings. The Hall–Kier alpha value is -2.74. The standard InChI is InChI=1S/C19H26N4O4/c1-13(2)12-15(20-18(25)14-8-6-5-7-9-14)16(24)17-21-19(27-22-17)26-11-10-23(3)4/h5-9,13,15H,10-12H2,1-4H3,(H,20,25). The number of benzene rings is 1. The quantitative estimate of drug-likeness (QED) is 0.636. The van der Waals surface area contributed by atoms with Crippen molar-refractivity contribution in [2.24, 2.45) is 5.92 Å². The molecule has 0 radical (unpaired) electrons. The van der Waals surface area contributed by atoms with Crippen LogP contribution >= 0.6 is 0 Å². The summed E-state index contributed by atoms with van der Waals surface area (Å²) in [6, 6.07) is 8.00. The maximum atomic E-state index is 12.8. The molecule has 1 aromatic carbocycles. The lowest BCUT2D eigenvalue weighted by molar-refractivity contribution is 0.0838. The number of ketones is 1. The van der Waals surface area contributed by atoms with Crippen LogP contribution in [0.2, 0.25) is 0 Å². The van der Waals surface area contributed by atoms with E-state index in [1.807, 2.05) is 38.9 Å². The minimum atomic E-state index is -0.745. The zero-order valence-electron chi connectivity index (χ0n) is 16.1. The van der Waals surface area contributed by atoms with Gasteiger partial charge < -0.3 is 15.0 Å². The fraction of sp³-hybridized carbons (Fsp3) is 0.474. The lowest BCUT2D eigenvalue weighted by Gasteiger charge is -2.18. The highest BCUT2D eigenvalue weighted by Gasteiger charge is 2.28. The van der Waals surface area contributed by atoms with Crippen LogP contribution in [0.3, 0.4) is 0 Å². The van der Waals surface area contributed by atoms with Crippen LogP contribution in [0.1, 0.15) is 41.2 Å². The van der Waals surface area contributed by atoms with Crippen molar-refractivity contribution in [2.45, 2.75) is 26.3 Å². The van der Waals surface area contributed by atoms with Gasteiger partial charge in [-0.15, -0.1) is 4.98 Å². The van der Waals surface area contributed by atoms with Crippen LogP contribution in [0.5, 0.6) is 6.08 Å². The molecule has 146 valence electrons. The number of hydrogen-bond acceptors (Lipinski definition) is 7. The molecular weight excluding hydrogens is 348 g/mol. The lowest BCUT2D eigenvalue weighted by atomic mass is 9.99. The Labute approximate surface area is 158 Å². The Kier molecular flexibility index (Phi) is 7.48. The zero-order valence-corrected chi connectivity index (χ0v) is 16.1. The summed E-state index contributed by atoms with van der Waals surface area (Å²) in [5, 5.41) is 6.47. The molecule has 27 heavy (non-hydrogen) atoms. The zero-order chi connectivity index (χ0) is 19.8. The van der Waals surface area contributed by atoms with Gasteiger partial charge in [-0.2, -0.15) is 0 Å². The van der Waals surface area contributed by atoms with Crippen LogP contribution in [-0.4, -0.2) is 60.0 Å². The first kappa shape index (κ1) is 20.6. The number of likely N-dealkylation sites (N-methyl/N-ethyl adjacent to an activating group) is 1. The van der Waals surface area contributed by atoms with Crippen LogP contribution < -0.4 is 10.1 Å². The highest BCUT2D eigenvalue weighted by atomic mass is 16.6. The van der Waals surface area contributed by atoms with Crippen molar-refractivity contribution in [3.8, 4) is 6.08 Å². The van der Waals surface area contributed by atoms with E-state index < -0.39 is 11.8 Å². The largest absolute Gasteiger partial charge is 0.447 e. The SMILES string of the molecule is CC(C)CC(NC(=O)c1ccccc1)C(=O)c1noc(OCCN(C)C)n1. The topological polar surface area (TPSA) is 97.6 Å². The van der Waals surface area contributed by atoms with Crippen molar-refractivity contribution < 1.29 is 18.8 Å². The van der Waals surface area contributed by atoms with E-state index >= 15 is 0 Å². The molecule has 1 atom stereocenters. The Bertz CT molecular complexity index is 743. The van der Waals surface area contributed by atoms with Crippen molar-refractivity contribution in [2.75, 3.05) is 27.2 Å². The molecule has 1 heterocycles. The van der Waals surface area contributed by atoms with E-state index in [1.165, 1.54) is 0 Å². The van der Waals surface area contributed by atoms with Gasteiger partial charge in [0.2, 0.25) is 11.6 Å². The molecular formula is C19H26N4O4. The molecule has 0 aliphatic carbocycles. The van der Waals surface area contributed by atoms with E-state index in [4.69, 9.17) is 9.26 Å². The van der Waals surface area contributed by atoms with Gasteiger partial charge in [0.05, 0.1) is 6.04 Å². The molecule has 0 fully saturated rings. The predicted molar refractivity (Wildman–Crippen MR) is 99.8 cm³/mol. The van der Waals surface area contributed by atoms with Crippen LogP contribution in [0.4, 0.5) is 0 Å². The first-order valence-electron chi connectivity index (χ1n) is 8.88. The number of ether oxygens (including phenoxy) is 1. The van der Waals surface area contributed by atoms with Gasteiger partial charge in [0.1, 0.15) is 6.61 Å². The van der Waals surface area contributed by atoms with Crippen molar-refractivity contribution in [3.63, 3.8) is 0 Å². The van der Waals surface area contributed by atoms with Gasteiger partial charge in [-0.05, 0) is 43.7 Å². The fourth-order valence-electron chi connectivity index (χ4n) is 2.37. The highest BCUT2D eigenvalue weighted by Crippen LogP contribution is 2.13. The van der Waals surface area contributed by atoms with Crippen molar-refractivity contribution in [1.29, 1.82) is 0 Å². The Morgan fingerprint density at radius 2 is 1.93 bits per heavy atom. The number of carbonyl (C=O) groups excluding carboxylic acids is 2. The van der Waals surface area contributed by atoms with Crippen LogP contribution in [0.15, 0.2) is 34.9 Å². The number of amides is 1. The number of Topliss-reactive ketones (excluding diaryl/α,β-unsaturated/α-hetero) is 1. The summed E-state index contributed by atoms with van der Waals surface area (Å²) in [5.41, 5.74) is 0.486. The molecule has 0 spiro atoms. The molecule has 8 nitrogen and oxygen atoms in total. The van der Waals surface area contributed by atoms with E-state index in [2.05, 4.69) is 15.5 Å². The third kappa shape index (κ3) is 6.49. The van der Waals surface area contributed by atoms with Crippen molar-refractivity contribution >= 4 is 11.7 Å². The van der Waals surface area contributed by atoms with Gasteiger partial charge >= 0.3 is 6.08 Å². The maximum absolute atomic E-state index is 12.8.